The number of benzene rings is 2. The van der Waals surface area contributed by atoms with Crippen molar-refractivity contribution in [1.82, 2.24) is 10.2 Å². The molecule has 5 nitrogen and oxygen atoms in total. The Bertz CT molecular complexity index is 1000. The molecule has 0 aliphatic carbocycles. The number of nitrogens with one attached hydrogen (secondary N) is 1. The standard InChI is InChI=1S/C19H16N4O/c1-2-15-17-16(14(10-20)18(21)24-19(17)23-22-15)13-9-5-7-11-6-3-4-8-12(11)13/h3-9,16H,2,21H2,1H3,(H,22,23)/t16-/m1/s1. The molecule has 1 aliphatic heterocycles. The molecule has 1 aromatic heterocycles. The van der Waals surface area contributed by atoms with Crippen LogP contribution in [0.2, 0.25) is 0 Å². The maximum atomic E-state index is 9.69. The molecule has 0 fully saturated rings. The molecule has 0 radical (unpaired) electrons. The summed E-state index contributed by atoms with van der Waals surface area (Å²) in [7, 11) is 0. The Labute approximate surface area is 139 Å². The number of nitriles is 1. The van der Waals surface area contributed by atoms with Gasteiger partial charge < -0.3 is 10.5 Å². The number of ether oxygens (including phenoxy) is 1. The zero-order chi connectivity index (χ0) is 16.7. The topological polar surface area (TPSA) is 87.7 Å². The van der Waals surface area contributed by atoms with Crippen LogP contribution in [0.3, 0.4) is 0 Å². The number of rotatable bonds is 2. The van der Waals surface area contributed by atoms with Crippen molar-refractivity contribution in [2.24, 2.45) is 5.73 Å². The Kier molecular flexibility index (Phi) is 3.24. The van der Waals surface area contributed by atoms with E-state index in [0.717, 1.165) is 34.0 Å². The van der Waals surface area contributed by atoms with E-state index in [-0.39, 0.29) is 11.8 Å². The number of aromatic nitrogens is 2. The van der Waals surface area contributed by atoms with Crippen molar-refractivity contribution in [2.75, 3.05) is 0 Å². The first-order valence-corrected chi connectivity index (χ1v) is 7.87. The molecule has 24 heavy (non-hydrogen) atoms. The Hall–Kier alpha value is -3.26. The lowest BCUT2D eigenvalue weighted by Gasteiger charge is -2.25. The normalized spacial score (nSPS) is 16.6. The molecule has 2 aromatic carbocycles. The van der Waals surface area contributed by atoms with Gasteiger partial charge in [-0.1, -0.05) is 49.4 Å². The number of nitrogens with zero attached hydrogens (tertiary/aromatic N) is 2. The molecular formula is C19H16N4O. The van der Waals surface area contributed by atoms with E-state index in [2.05, 4.69) is 34.5 Å². The highest BCUT2D eigenvalue weighted by atomic mass is 16.5. The van der Waals surface area contributed by atoms with E-state index >= 15 is 0 Å². The van der Waals surface area contributed by atoms with Gasteiger partial charge in [0.05, 0.1) is 5.92 Å². The summed E-state index contributed by atoms with van der Waals surface area (Å²) < 4.78 is 5.57. The average molecular weight is 316 g/mol. The third kappa shape index (κ3) is 1.97. The van der Waals surface area contributed by atoms with Gasteiger partial charge in [-0.05, 0) is 22.8 Å². The minimum absolute atomic E-state index is 0.122. The molecule has 118 valence electrons. The summed E-state index contributed by atoms with van der Waals surface area (Å²) in [5.41, 5.74) is 9.33. The summed E-state index contributed by atoms with van der Waals surface area (Å²) in [5, 5.41) is 19.2. The fourth-order valence-corrected chi connectivity index (χ4v) is 3.39. The number of aryl methyl sites for hydroxylation is 1. The number of hydrogen-bond acceptors (Lipinski definition) is 4. The molecule has 0 amide bonds. The van der Waals surface area contributed by atoms with Crippen LogP contribution < -0.4 is 10.5 Å². The Morgan fingerprint density at radius 2 is 2.04 bits per heavy atom. The lowest BCUT2D eigenvalue weighted by atomic mass is 9.81. The molecule has 4 rings (SSSR count). The van der Waals surface area contributed by atoms with Gasteiger partial charge in [-0.15, -0.1) is 5.10 Å². The van der Waals surface area contributed by atoms with Crippen molar-refractivity contribution in [3.8, 4) is 11.9 Å². The van der Waals surface area contributed by atoms with E-state index in [9.17, 15) is 5.26 Å². The molecule has 1 atom stereocenters. The number of nitrogens with two attached hydrogens (primary N) is 1. The second-order valence-corrected chi connectivity index (χ2v) is 5.77. The molecule has 5 heteroatoms. The van der Waals surface area contributed by atoms with Crippen molar-refractivity contribution >= 4 is 10.8 Å². The number of allylic oxidation sites excluding steroid dienone is 1. The van der Waals surface area contributed by atoms with Gasteiger partial charge >= 0.3 is 0 Å². The third-order valence-electron chi connectivity index (χ3n) is 4.51. The molecular weight excluding hydrogens is 300 g/mol. The smallest absolute Gasteiger partial charge is 0.244 e. The third-order valence-corrected chi connectivity index (χ3v) is 4.51. The van der Waals surface area contributed by atoms with Gasteiger partial charge in [0.1, 0.15) is 11.6 Å². The molecule has 0 bridgehead atoms. The molecule has 0 saturated heterocycles. The highest BCUT2D eigenvalue weighted by Gasteiger charge is 2.35. The van der Waals surface area contributed by atoms with Crippen LogP contribution in [0.1, 0.15) is 29.7 Å². The second-order valence-electron chi connectivity index (χ2n) is 5.77. The predicted molar refractivity (Wildman–Crippen MR) is 91.2 cm³/mol. The summed E-state index contributed by atoms with van der Waals surface area (Å²) in [5.74, 6) is 0.303. The van der Waals surface area contributed by atoms with E-state index in [4.69, 9.17) is 10.5 Å². The Balaban J connectivity index is 2.05. The lowest BCUT2D eigenvalue weighted by Crippen LogP contribution is -2.21. The van der Waals surface area contributed by atoms with Crippen LogP contribution in [-0.2, 0) is 6.42 Å². The van der Waals surface area contributed by atoms with E-state index in [1.807, 2.05) is 31.2 Å². The maximum Gasteiger partial charge on any atom is 0.244 e. The van der Waals surface area contributed by atoms with Gasteiger partial charge in [0.25, 0.3) is 0 Å². The highest BCUT2D eigenvalue weighted by molar-refractivity contribution is 5.87. The number of H-pyrrole nitrogens is 1. The van der Waals surface area contributed by atoms with E-state index in [1.165, 1.54) is 0 Å². The molecule has 3 aromatic rings. The van der Waals surface area contributed by atoms with Crippen molar-refractivity contribution in [2.45, 2.75) is 19.3 Å². The fraction of sp³-hybridized carbons (Fsp3) is 0.158. The van der Waals surface area contributed by atoms with Crippen LogP contribution in [0.5, 0.6) is 5.88 Å². The predicted octanol–water partition coefficient (Wildman–Crippen LogP) is 3.34. The molecule has 0 saturated carbocycles. The van der Waals surface area contributed by atoms with Gasteiger partial charge in [0.2, 0.25) is 11.8 Å². The molecule has 1 aliphatic rings. The first-order chi connectivity index (χ1) is 11.7. The number of fused-ring (bicyclic) bond motifs is 2. The maximum absolute atomic E-state index is 9.69. The first kappa shape index (κ1) is 14.3. The summed E-state index contributed by atoms with van der Waals surface area (Å²) in [6.07, 6.45) is 0.769. The Morgan fingerprint density at radius 3 is 2.83 bits per heavy atom. The highest BCUT2D eigenvalue weighted by Crippen LogP contribution is 2.44. The van der Waals surface area contributed by atoms with E-state index in [1.54, 1.807) is 0 Å². The van der Waals surface area contributed by atoms with Gasteiger partial charge in [0, 0.05) is 11.3 Å². The lowest BCUT2D eigenvalue weighted by molar-refractivity contribution is 0.379. The van der Waals surface area contributed by atoms with Crippen molar-refractivity contribution in [3.63, 3.8) is 0 Å². The zero-order valence-electron chi connectivity index (χ0n) is 13.2. The van der Waals surface area contributed by atoms with Crippen LogP contribution in [0, 0.1) is 11.3 Å². The summed E-state index contributed by atoms with van der Waals surface area (Å²) in [6, 6.07) is 16.5. The SMILES string of the molecule is CCc1[nH]nc2c1[C@H](c1cccc3ccccc13)C(C#N)=C(N)O2. The molecule has 3 N–H and O–H groups in total. The van der Waals surface area contributed by atoms with E-state index < -0.39 is 0 Å². The average Bonchev–Trinajstić information content (AvgIpc) is 3.02. The first-order valence-electron chi connectivity index (χ1n) is 7.87. The van der Waals surface area contributed by atoms with E-state index in [0.29, 0.717) is 11.5 Å². The van der Waals surface area contributed by atoms with Crippen molar-refractivity contribution in [3.05, 3.63) is 70.7 Å². The minimum atomic E-state index is -0.279. The number of hydrogen-bond donors (Lipinski definition) is 2. The van der Waals surface area contributed by atoms with Gasteiger partial charge in [-0.2, -0.15) is 5.26 Å². The van der Waals surface area contributed by atoms with Gasteiger partial charge in [-0.25, -0.2) is 0 Å². The number of aromatic amines is 1. The zero-order valence-corrected chi connectivity index (χ0v) is 13.2. The molecule has 2 heterocycles. The quantitative estimate of drug-likeness (QED) is 0.759. The van der Waals surface area contributed by atoms with Crippen LogP contribution in [0.15, 0.2) is 53.9 Å². The van der Waals surface area contributed by atoms with Crippen molar-refractivity contribution < 1.29 is 4.74 Å². The summed E-state index contributed by atoms with van der Waals surface area (Å²) in [4.78, 5) is 0. The fourth-order valence-electron chi connectivity index (χ4n) is 3.39. The largest absolute Gasteiger partial charge is 0.420 e. The van der Waals surface area contributed by atoms with Crippen LogP contribution >= 0.6 is 0 Å². The second kappa shape index (κ2) is 5.43. The minimum Gasteiger partial charge on any atom is -0.420 e. The summed E-state index contributed by atoms with van der Waals surface area (Å²) >= 11 is 0. The summed E-state index contributed by atoms with van der Waals surface area (Å²) in [6.45, 7) is 2.04. The molecule has 0 spiro atoms. The monoisotopic (exact) mass is 316 g/mol. The van der Waals surface area contributed by atoms with Crippen LogP contribution in [0.4, 0.5) is 0 Å². The van der Waals surface area contributed by atoms with Gasteiger partial charge in [0.15, 0.2) is 0 Å². The van der Waals surface area contributed by atoms with Crippen LogP contribution in [-0.4, -0.2) is 10.2 Å². The van der Waals surface area contributed by atoms with Gasteiger partial charge in [-0.3, -0.25) is 5.10 Å². The molecule has 0 unspecified atom stereocenters. The van der Waals surface area contributed by atoms with Crippen LogP contribution in [0.25, 0.3) is 10.8 Å². The Morgan fingerprint density at radius 1 is 1.25 bits per heavy atom. The van der Waals surface area contributed by atoms with Crippen molar-refractivity contribution in [1.29, 1.82) is 5.26 Å².